The Morgan fingerprint density at radius 1 is 1.14 bits per heavy atom. The Bertz CT molecular complexity index is 948. The molecule has 0 aliphatic carbocycles. The highest BCUT2D eigenvalue weighted by atomic mass is 16.6. The molecule has 3 atom stereocenters. The minimum Gasteiger partial charge on any atom is -0.508 e. The molecule has 3 unspecified atom stereocenters. The number of alkyl carbamates (subject to hydrolysis) is 1. The molecule has 198 valence electrons. The Kier molecular flexibility index (Phi) is 11.8. The molecule has 1 aromatic carbocycles. The van der Waals surface area contributed by atoms with Gasteiger partial charge in [0, 0.05) is 12.6 Å². The molecule has 0 aliphatic heterocycles. The number of nitrogens with zero attached hydrogens (tertiary/aromatic N) is 1. The number of nitrogens with one attached hydrogen (secondary N) is 2. The van der Waals surface area contributed by atoms with Crippen LogP contribution in [0.4, 0.5) is 4.79 Å². The Hall–Kier alpha value is -3.74. The first-order valence-corrected chi connectivity index (χ1v) is 11.9. The molecular weight excluding hydrogens is 466 g/mol. The molecule has 0 saturated heterocycles. The van der Waals surface area contributed by atoms with E-state index in [1.807, 2.05) is 6.92 Å². The van der Waals surface area contributed by atoms with Crippen molar-refractivity contribution in [2.45, 2.75) is 72.1 Å². The van der Waals surface area contributed by atoms with Crippen molar-refractivity contribution in [1.82, 2.24) is 15.5 Å². The van der Waals surface area contributed by atoms with Gasteiger partial charge in [-0.05, 0) is 51.3 Å². The number of carbonyl (C=O) groups is 4. The second-order valence-electron chi connectivity index (χ2n) is 9.19. The van der Waals surface area contributed by atoms with Crippen molar-refractivity contribution in [2.75, 3.05) is 13.2 Å². The highest BCUT2D eigenvalue weighted by Gasteiger charge is 2.37. The maximum absolute atomic E-state index is 13.6. The van der Waals surface area contributed by atoms with E-state index in [1.165, 1.54) is 24.3 Å². The predicted molar refractivity (Wildman–Crippen MR) is 133 cm³/mol. The molecule has 3 N–H and O–H groups in total. The number of terminal acetylenes is 1. The molecule has 0 fully saturated rings. The van der Waals surface area contributed by atoms with Crippen LogP contribution in [-0.2, 0) is 23.9 Å². The van der Waals surface area contributed by atoms with Crippen LogP contribution in [0.15, 0.2) is 24.3 Å². The summed E-state index contributed by atoms with van der Waals surface area (Å²) in [5, 5.41) is 14.9. The standard InChI is InChI=1S/C26H37N3O7/c1-8-17(4)21(28-25(34)36-26(5,6)7)24(33)29(9-2)22(18-11-13-19(30)14-12-18)23(32)27-16-15-20(31)35-10-3/h2,11-14,17,21-22,30H,8,10,15-16H2,1,3-7H3,(H,27,32)(H,28,34). The van der Waals surface area contributed by atoms with Crippen LogP contribution in [0.5, 0.6) is 5.75 Å². The molecule has 36 heavy (non-hydrogen) atoms. The van der Waals surface area contributed by atoms with Gasteiger partial charge in [-0.1, -0.05) is 38.8 Å². The van der Waals surface area contributed by atoms with Crippen molar-refractivity contribution in [1.29, 1.82) is 0 Å². The summed E-state index contributed by atoms with van der Waals surface area (Å²) in [5.74, 6) is -2.19. The lowest BCUT2D eigenvalue weighted by Gasteiger charge is -2.32. The van der Waals surface area contributed by atoms with E-state index >= 15 is 0 Å². The van der Waals surface area contributed by atoms with Crippen LogP contribution in [0.2, 0.25) is 0 Å². The molecule has 0 aliphatic rings. The lowest BCUT2D eigenvalue weighted by atomic mass is 9.96. The van der Waals surface area contributed by atoms with E-state index in [1.54, 1.807) is 34.6 Å². The molecule has 3 amide bonds. The van der Waals surface area contributed by atoms with E-state index in [0.29, 0.717) is 12.0 Å². The molecular formula is C26H37N3O7. The van der Waals surface area contributed by atoms with E-state index in [4.69, 9.17) is 15.9 Å². The van der Waals surface area contributed by atoms with Gasteiger partial charge >= 0.3 is 12.1 Å². The van der Waals surface area contributed by atoms with Gasteiger partial charge < -0.3 is 25.2 Å². The maximum Gasteiger partial charge on any atom is 0.408 e. The molecule has 0 saturated carbocycles. The van der Waals surface area contributed by atoms with E-state index in [-0.39, 0.29) is 31.2 Å². The third-order valence-corrected chi connectivity index (χ3v) is 5.18. The number of hydrogen-bond acceptors (Lipinski definition) is 7. The Balaban J connectivity index is 3.29. The van der Waals surface area contributed by atoms with Crippen molar-refractivity contribution < 1.29 is 33.8 Å². The number of phenolic OH excluding ortho intramolecular Hbond substituents is 1. The third kappa shape index (κ3) is 9.49. The van der Waals surface area contributed by atoms with Gasteiger partial charge in [0.25, 0.3) is 5.91 Å². The van der Waals surface area contributed by atoms with Gasteiger partial charge in [-0.25, -0.2) is 4.79 Å². The number of carbonyl (C=O) groups excluding carboxylic acids is 4. The van der Waals surface area contributed by atoms with E-state index in [9.17, 15) is 24.3 Å². The first-order valence-electron chi connectivity index (χ1n) is 11.9. The number of hydrogen-bond donors (Lipinski definition) is 3. The molecule has 10 nitrogen and oxygen atoms in total. The molecule has 10 heteroatoms. The van der Waals surface area contributed by atoms with E-state index in [2.05, 4.69) is 16.7 Å². The van der Waals surface area contributed by atoms with Crippen LogP contribution in [0.25, 0.3) is 0 Å². The normalized spacial score (nSPS) is 13.4. The van der Waals surface area contributed by atoms with Crippen molar-refractivity contribution in [2.24, 2.45) is 5.92 Å². The number of rotatable bonds is 11. The van der Waals surface area contributed by atoms with Crippen LogP contribution in [-0.4, -0.2) is 58.7 Å². The fourth-order valence-corrected chi connectivity index (χ4v) is 3.22. The predicted octanol–water partition coefficient (Wildman–Crippen LogP) is 2.86. The van der Waals surface area contributed by atoms with Crippen molar-refractivity contribution in [3.8, 4) is 18.2 Å². The lowest BCUT2D eigenvalue weighted by molar-refractivity contribution is -0.143. The molecule has 0 heterocycles. The van der Waals surface area contributed by atoms with Crippen LogP contribution in [0, 0.1) is 18.4 Å². The molecule has 1 rings (SSSR count). The number of amides is 3. The second-order valence-corrected chi connectivity index (χ2v) is 9.19. The van der Waals surface area contributed by atoms with Gasteiger partial charge in [-0.2, -0.15) is 0 Å². The minimum absolute atomic E-state index is 0.0379. The van der Waals surface area contributed by atoms with Crippen LogP contribution < -0.4 is 10.6 Å². The molecule has 1 aromatic rings. The van der Waals surface area contributed by atoms with Crippen LogP contribution in [0.1, 0.15) is 66.0 Å². The second kappa shape index (κ2) is 14.0. The monoisotopic (exact) mass is 503 g/mol. The summed E-state index contributed by atoms with van der Waals surface area (Å²) in [7, 11) is 0. The van der Waals surface area contributed by atoms with Gasteiger partial charge in [-0.15, -0.1) is 0 Å². The fourth-order valence-electron chi connectivity index (χ4n) is 3.22. The fraction of sp³-hybridized carbons (Fsp3) is 0.538. The zero-order valence-corrected chi connectivity index (χ0v) is 21.8. The number of phenols is 1. The minimum atomic E-state index is -1.29. The van der Waals surface area contributed by atoms with E-state index in [0.717, 1.165) is 4.90 Å². The van der Waals surface area contributed by atoms with Crippen molar-refractivity contribution in [3.63, 3.8) is 0 Å². The van der Waals surface area contributed by atoms with Gasteiger partial charge in [-0.3, -0.25) is 19.3 Å². The number of benzene rings is 1. The summed E-state index contributed by atoms with van der Waals surface area (Å²) in [4.78, 5) is 51.9. The zero-order valence-electron chi connectivity index (χ0n) is 21.8. The van der Waals surface area contributed by atoms with Gasteiger partial charge in [0.15, 0.2) is 0 Å². The topological polar surface area (TPSA) is 134 Å². The number of esters is 1. The summed E-state index contributed by atoms with van der Waals surface area (Å²) in [6.07, 6.45) is 5.38. The Morgan fingerprint density at radius 2 is 1.75 bits per heavy atom. The Labute approximate surface area is 212 Å². The van der Waals surface area contributed by atoms with Crippen LogP contribution in [0.3, 0.4) is 0 Å². The number of aromatic hydroxyl groups is 1. The smallest absolute Gasteiger partial charge is 0.408 e. The summed E-state index contributed by atoms with van der Waals surface area (Å²) < 4.78 is 10.2. The quantitative estimate of drug-likeness (QED) is 0.240. The summed E-state index contributed by atoms with van der Waals surface area (Å²) in [6.45, 7) is 10.6. The summed E-state index contributed by atoms with van der Waals surface area (Å²) in [5.41, 5.74) is -0.459. The van der Waals surface area contributed by atoms with Crippen molar-refractivity contribution >= 4 is 23.9 Å². The molecule has 0 spiro atoms. The lowest BCUT2D eigenvalue weighted by Crippen LogP contribution is -2.54. The van der Waals surface area contributed by atoms with E-state index < -0.39 is 41.6 Å². The SMILES string of the molecule is C#CN(C(=O)C(NC(=O)OC(C)(C)C)C(C)CC)C(C(=O)NCCC(=O)OCC)c1ccc(O)cc1. The average molecular weight is 504 g/mol. The van der Waals surface area contributed by atoms with Crippen LogP contribution >= 0.6 is 0 Å². The maximum atomic E-state index is 13.6. The van der Waals surface area contributed by atoms with Gasteiger partial charge in [0.05, 0.1) is 13.0 Å². The first-order chi connectivity index (χ1) is 16.8. The Morgan fingerprint density at radius 3 is 2.25 bits per heavy atom. The third-order valence-electron chi connectivity index (χ3n) is 5.18. The summed E-state index contributed by atoms with van der Waals surface area (Å²) >= 11 is 0. The zero-order chi connectivity index (χ0) is 27.5. The van der Waals surface area contributed by atoms with Gasteiger partial charge in [0.2, 0.25) is 5.91 Å². The van der Waals surface area contributed by atoms with Crippen molar-refractivity contribution in [3.05, 3.63) is 29.8 Å². The summed E-state index contributed by atoms with van der Waals surface area (Å²) in [6, 6.07) is 5.54. The molecule has 0 radical (unpaired) electrons. The highest BCUT2D eigenvalue weighted by Crippen LogP contribution is 2.25. The molecule has 0 bridgehead atoms. The molecule has 0 aromatic heterocycles. The van der Waals surface area contributed by atoms with Gasteiger partial charge in [0.1, 0.15) is 23.4 Å². The highest BCUT2D eigenvalue weighted by molar-refractivity contribution is 5.93. The average Bonchev–Trinajstić information content (AvgIpc) is 2.79. The largest absolute Gasteiger partial charge is 0.508 e. The number of ether oxygens (including phenoxy) is 2. The first kappa shape index (κ1) is 30.3.